The maximum Gasteiger partial charge on any atom is 0.319 e. The molecule has 1 aromatic rings. The van der Waals surface area contributed by atoms with Gasteiger partial charge in [-0.15, -0.1) is 0 Å². The number of benzene rings is 1. The largest absolute Gasteiger partial charge is 0.485 e. The van der Waals surface area contributed by atoms with Gasteiger partial charge in [0.15, 0.2) is 0 Å². The molecule has 2 amide bonds. The second-order valence-electron chi connectivity index (χ2n) is 5.77. The van der Waals surface area contributed by atoms with Crippen LogP contribution in [0.4, 0.5) is 23.7 Å². The minimum Gasteiger partial charge on any atom is -0.485 e. The van der Waals surface area contributed by atoms with E-state index in [9.17, 15) is 23.1 Å². The highest BCUT2D eigenvalue weighted by Crippen LogP contribution is 2.39. The summed E-state index contributed by atoms with van der Waals surface area (Å²) in [5.41, 5.74) is -0.686. The van der Waals surface area contributed by atoms with Crippen LogP contribution in [0, 0.1) is 11.7 Å². The summed E-state index contributed by atoms with van der Waals surface area (Å²) in [7, 11) is 0. The third kappa shape index (κ3) is 4.75. The Balaban J connectivity index is 2.04. The topological polar surface area (TPSA) is 70.6 Å². The van der Waals surface area contributed by atoms with E-state index in [1.54, 1.807) is 6.92 Å². The number of carbonyl (C=O) groups is 1. The molecule has 1 aliphatic rings. The van der Waals surface area contributed by atoms with Crippen molar-refractivity contribution < 1.29 is 27.8 Å². The van der Waals surface area contributed by atoms with E-state index in [1.165, 1.54) is 6.07 Å². The summed E-state index contributed by atoms with van der Waals surface area (Å²) >= 11 is 0. The molecule has 2 rings (SSSR count). The molecule has 0 heterocycles. The number of aliphatic hydroxyl groups is 1. The quantitative estimate of drug-likeness (QED) is 0.719. The van der Waals surface area contributed by atoms with E-state index < -0.39 is 30.4 Å². The maximum atomic E-state index is 13.2. The first-order valence-corrected chi connectivity index (χ1v) is 7.24. The number of amides is 2. The van der Waals surface area contributed by atoms with Crippen molar-refractivity contribution >= 4 is 11.7 Å². The molecule has 1 fully saturated rings. The minimum atomic E-state index is -2.72. The van der Waals surface area contributed by atoms with Crippen molar-refractivity contribution in [3.63, 3.8) is 0 Å². The molecular formula is C15H19F3N2O3. The molecule has 5 nitrogen and oxygen atoms in total. The molecule has 128 valence electrons. The van der Waals surface area contributed by atoms with Crippen molar-refractivity contribution in [2.24, 2.45) is 5.92 Å². The summed E-state index contributed by atoms with van der Waals surface area (Å²) in [5, 5.41) is 14.5. The summed E-state index contributed by atoms with van der Waals surface area (Å²) in [6.45, 7) is 0.600. The number of hydrogen-bond donors (Lipinski definition) is 3. The standard InChI is InChI=1S/C15H19F3N2O3/c1-15(8-21,9-2-3-9)20-14(22)19-11-5-4-10(16)6-12(11)23-7-13(17)18/h4-6,9,13,21H,2-3,7-8H2,1H3,(H2,19,20,22). The number of anilines is 1. The van der Waals surface area contributed by atoms with Crippen molar-refractivity contribution in [1.29, 1.82) is 0 Å². The van der Waals surface area contributed by atoms with Crippen molar-refractivity contribution in [1.82, 2.24) is 5.32 Å². The number of aliphatic hydroxyl groups excluding tert-OH is 1. The first kappa shape index (κ1) is 17.4. The number of nitrogens with one attached hydrogen (secondary N) is 2. The van der Waals surface area contributed by atoms with Gasteiger partial charge in [-0.25, -0.2) is 18.0 Å². The zero-order chi connectivity index (χ0) is 17.0. The summed E-state index contributed by atoms with van der Waals surface area (Å²) < 4.78 is 42.5. The second-order valence-corrected chi connectivity index (χ2v) is 5.77. The molecule has 0 bridgehead atoms. The highest BCUT2D eigenvalue weighted by atomic mass is 19.3. The van der Waals surface area contributed by atoms with Crippen LogP contribution in [0.15, 0.2) is 18.2 Å². The van der Waals surface area contributed by atoms with Gasteiger partial charge in [0.05, 0.1) is 17.8 Å². The van der Waals surface area contributed by atoms with Crippen LogP contribution in [0.3, 0.4) is 0 Å². The van der Waals surface area contributed by atoms with Crippen LogP contribution >= 0.6 is 0 Å². The highest BCUT2D eigenvalue weighted by Gasteiger charge is 2.42. The van der Waals surface area contributed by atoms with Gasteiger partial charge in [-0.1, -0.05) is 0 Å². The Morgan fingerprint density at radius 2 is 2.17 bits per heavy atom. The number of carbonyl (C=O) groups excluding carboxylic acids is 1. The fourth-order valence-corrected chi connectivity index (χ4v) is 2.28. The third-order valence-corrected chi connectivity index (χ3v) is 3.76. The van der Waals surface area contributed by atoms with E-state index in [1.807, 2.05) is 0 Å². The first-order valence-electron chi connectivity index (χ1n) is 7.24. The van der Waals surface area contributed by atoms with E-state index in [-0.39, 0.29) is 24.0 Å². The van der Waals surface area contributed by atoms with E-state index in [4.69, 9.17) is 4.74 Å². The van der Waals surface area contributed by atoms with Crippen molar-refractivity contribution in [3.05, 3.63) is 24.0 Å². The van der Waals surface area contributed by atoms with Gasteiger partial charge < -0.3 is 20.5 Å². The Bertz CT molecular complexity index is 567. The molecule has 0 spiro atoms. The number of alkyl halides is 2. The predicted octanol–water partition coefficient (Wildman–Crippen LogP) is 2.75. The van der Waals surface area contributed by atoms with Crippen molar-refractivity contribution in [3.8, 4) is 5.75 Å². The molecule has 1 atom stereocenters. The number of hydrogen-bond acceptors (Lipinski definition) is 3. The van der Waals surface area contributed by atoms with Crippen LogP contribution < -0.4 is 15.4 Å². The van der Waals surface area contributed by atoms with Crippen LogP contribution in [0.5, 0.6) is 5.75 Å². The fourth-order valence-electron chi connectivity index (χ4n) is 2.28. The Hall–Kier alpha value is -1.96. The number of rotatable bonds is 7. The summed E-state index contributed by atoms with van der Waals surface area (Å²) in [6.07, 6.45) is -0.889. The lowest BCUT2D eigenvalue weighted by atomic mass is 9.97. The lowest BCUT2D eigenvalue weighted by Crippen LogP contribution is -2.52. The zero-order valence-electron chi connectivity index (χ0n) is 12.6. The summed E-state index contributed by atoms with van der Waals surface area (Å²) in [4.78, 5) is 12.1. The number of ether oxygens (including phenoxy) is 1. The van der Waals surface area contributed by atoms with Gasteiger partial charge in [-0.05, 0) is 37.8 Å². The summed E-state index contributed by atoms with van der Waals surface area (Å²) in [6, 6.07) is 2.60. The van der Waals surface area contributed by atoms with E-state index >= 15 is 0 Å². The minimum absolute atomic E-state index is 0.0700. The fraction of sp³-hybridized carbons (Fsp3) is 0.533. The molecule has 23 heavy (non-hydrogen) atoms. The maximum absolute atomic E-state index is 13.2. The molecule has 0 aliphatic heterocycles. The second kappa shape index (κ2) is 7.08. The Labute approximate surface area is 131 Å². The van der Waals surface area contributed by atoms with E-state index in [0.717, 1.165) is 25.0 Å². The molecule has 0 aromatic heterocycles. The van der Waals surface area contributed by atoms with Gasteiger partial charge >= 0.3 is 6.03 Å². The van der Waals surface area contributed by atoms with Crippen molar-refractivity contribution in [2.75, 3.05) is 18.5 Å². The Morgan fingerprint density at radius 3 is 2.74 bits per heavy atom. The predicted molar refractivity (Wildman–Crippen MR) is 78.3 cm³/mol. The molecule has 1 aromatic carbocycles. The smallest absolute Gasteiger partial charge is 0.319 e. The van der Waals surface area contributed by atoms with Crippen LogP contribution in [-0.2, 0) is 0 Å². The average Bonchev–Trinajstić information content (AvgIpc) is 3.32. The molecule has 1 aliphatic carbocycles. The SMILES string of the molecule is CC(CO)(NC(=O)Nc1ccc(F)cc1OCC(F)F)C1CC1. The molecule has 1 unspecified atom stereocenters. The van der Waals surface area contributed by atoms with E-state index in [2.05, 4.69) is 10.6 Å². The zero-order valence-corrected chi connectivity index (χ0v) is 12.6. The first-order chi connectivity index (χ1) is 10.8. The molecule has 8 heteroatoms. The third-order valence-electron chi connectivity index (χ3n) is 3.76. The normalized spacial score (nSPS) is 16.8. The lowest BCUT2D eigenvalue weighted by Gasteiger charge is -2.29. The van der Waals surface area contributed by atoms with Gasteiger partial charge in [-0.3, -0.25) is 0 Å². The summed E-state index contributed by atoms with van der Waals surface area (Å²) in [5.74, 6) is -0.656. The van der Waals surface area contributed by atoms with Crippen molar-refractivity contribution in [2.45, 2.75) is 31.7 Å². The van der Waals surface area contributed by atoms with Gasteiger partial charge in [0.1, 0.15) is 18.2 Å². The van der Waals surface area contributed by atoms with Gasteiger partial charge in [0.25, 0.3) is 6.43 Å². The molecule has 1 saturated carbocycles. The number of halogens is 3. The molecular weight excluding hydrogens is 313 g/mol. The van der Waals surface area contributed by atoms with Gasteiger partial charge in [0.2, 0.25) is 0 Å². The average molecular weight is 332 g/mol. The van der Waals surface area contributed by atoms with Crippen LogP contribution in [0.2, 0.25) is 0 Å². The van der Waals surface area contributed by atoms with Gasteiger partial charge in [-0.2, -0.15) is 0 Å². The molecule has 3 N–H and O–H groups in total. The van der Waals surface area contributed by atoms with E-state index in [0.29, 0.717) is 0 Å². The number of urea groups is 1. The lowest BCUT2D eigenvalue weighted by molar-refractivity contribution is 0.0821. The van der Waals surface area contributed by atoms with Gasteiger partial charge in [0, 0.05) is 6.07 Å². The molecule has 0 saturated heterocycles. The van der Waals surface area contributed by atoms with Crippen LogP contribution in [0.1, 0.15) is 19.8 Å². The Morgan fingerprint density at radius 1 is 1.48 bits per heavy atom. The Kier molecular flexibility index (Phi) is 5.35. The van der Waals surface area contributed by atoms with Crippen LogP contribution in [-0.4, -0.2) is 36.3 Å². The highest BCUT2D eigenvalue weighted by molar-refractivity contribution is 5.91. The molecule has 0 radical (unpaired) electrons. The monoisotopic (exact) mass is 332 g/mol. The van der Waals surface area contributed by atoms with Crippen LogP contribution in [0.25, 0.3) is 0 Å².